The van der Waals surface area contributed by atoms with Crippen LogP contribution >= 0.6 is 12.2 Å². The highest BCUT2D eigenvalue weighted by atomic mass is 32.1. The number of hydrogen-bond donors (Lipinski definition) is 1. The number of piperidine rings is 1. The summed E-state index contributed by atoms with van der Waals surface area (Å²) in [5, 5.41) is 0. The first-order valence-electron chi connectivity index (χ1n) is 7.25. The Morgan fingerprint density at radius 3 is 3.10 bits per heavy atom. The highest BCUT2D eigenvalue weighted by Crippen LogP contribution is 2.25. The minimum absolute atomic E-state index is 0.283. The Morgan fingerprint density at radius 2 is 2.40 bits per heavy atom. The zero-order valence-corrected chi connectivity index (χ0v) is 13.1. The largest absolute Gasteiger partial charge is 0.389 e. The van der Waals surface area contributed by atoms with Gasteiger partial charge in [0.15, 0.2) is 0 Å². The standard InChI is InChI=1S/C15H23N3OS/c1-3-9-19-12-5-4-8-18(10-12)15-13(14(16)20)11(2)6-7-17-15/h6-7,12H,3-5,8-10H2,1-2H3,(H2,16,20). The van der Waals surface area contributed by atoms with Crippen LogP contribution in [0.25, 0.3) is 0 Å². The molecule has 110 valence electrons. The summed E-state index contributed by atoms with van der Waals surface area (Å²) in [5.74, 6) is 0.905. The maximum Gasteiger partial charge on any atom is 0.139 e. The maximum absolute atomic E-state index is 5.88. The van der Waals surface area contributed by atoms with Crippen molar-refractivity contribution >= 4 is 23.0 Å². The SMILES string of the molecule is CCCOC1CCCN(c2nccc(C)c2C(N)=S)C1. The van der Waals surface area contributed by atoms with Crippen LogP contribution in [0.2, 0.25) is 0 Å². The first-order valence-corrected chi connectivity index (χ1v) is 7.66. The maximum atomic E-state index is 5.88. The van der Waals surface area contributed by atoms with Crippen molar-refractivity contribution in [3.05, 3.63) is 23.4 Å². The van der Waals surface area contributed by atoms with Gasteiger partial charge < -0.3 is 15.4 Å². The average molecular weight is 293 g/mol. The summed E-state index contributed by atoms with van der Waals surface area (Å²) in [4.78, 5) is 7.18. The number of hydrogen-bond acceptors (Lipinski definition) is 4. The minimum Gasteiger partial charge on any atom is -0.389 e. The van der Waals surface area contributed by atoms with Gasteiger partial charge in [-0.25, -0.2) is 4.98 Å². The molecule has 2 N–H and O–H groups in total. The van der Waals surface area contributed by atoms with Crippen LogP contribution in [-0.2, 0) is 4.74 Å². The van der Waals surface area contributed by atoms with Gasteiger partial charge in [0.25, 0.3) is 0 Å². The van der Waals surface area contributed by atoms with E-state index in [1.54, 1.807) is 0 Å². The number of nitrogens with two attached hydrogens (primary N) is 1. The van der Waals surface area contributed by atoms with E-state index in [0.717, 1.165) is 55.9 Å². The molecule has 0 spiro atoms. The van der Waals surface area contributed by atoms with E-state index in [2.05, 4.69) is 16.8 Å². The topological polar surface area (TPSA) is 51.4 Å². The molecule has 2 heterocycles. The molecule has 0 radical (unpaired) electrons. The molecule has 5 heteroatoms. The van der Waals surface area contributed by atoms with Crippen LogP contribution in [0.5, 0.6) is 0 Å². The fourth-order valence-corrected chi connectivity index (χ4v) is 2.89. The summed E-state index contributed by atoms with van der Waals surface area (Å²) < 4.78 is 5.88. The first-order chi connectivity index (χ1) is 9.63. The number of rotatable bonds is 5. The molecule has 1 aromatic heterocycles. The normalized spacial score (nSPS) is 19.1. The molecule has 1 unspecified atom stereocenters. The zero-order valence-electron chi connectivity index (χ0n) is 12.3. The molecular weight excluding hydrogens is 270 g/mol. The molecule has 1 saturated heterocycles. The zero-order chi connectivity index (χ0) is 14.5. The van der Waals surface area contributed by atoms with E-state index in [4.69, 9.17) is 22.7 Å². The first kappa shape index (κ1) is 15.2. The van der Waals surface area contributed by atoms with Gasteiger partial charge in [-0.05, 0) is 37.8 Å². The lowest BCUT2D eigenvalue weighted by molar-refractivity contribution is 0.0439. The Balaban J connectivity index is 2.18. The average Bonchev–Trinajstić information content (AvgIpc) is 2.44. The van der Waals surface area contributed by atoms with Crippen molar-refractivity contribution in [2.45, 2.75) is 39.2 Å². The summed E-state index contributed by atoms with van der Waals surface area (Å²) in [6.07, 6.45) is 5.39. The molecule has 1 fully saturated rings. The fourth-order valence-electron chi connectivity index (χ4n) is 2.64. The summed E-state index contributed by atoms with van der Waals surface area (Å²) >= 11 is 5.19. The molecule has 1 atom stereocenters. The third-order valence-corrected chi connectivity index (χ3v) is 3.83. The summed E-state index contributed by atoms with van der Waals surface area (Å²) in [6, 6.07) is 1.95. The molecule has 20 heavy (non-hydrogen) atoms. The van der Waals surface area contributed by atoms with Gasteiger partial charge in [0.1, 0.15) is 10.8 Å². The van der Waals surface area contributed by atoms with E-state index in [1.807, 2.05) is 19.2 Å². The molecule has 0 aliphatic carbocycles. The van der Waals surface area contributed by atoms with Gasteiger partial charge in [0.2, 0.25) is 0 Å². The molecule has 1 aliphatic rings. The van der Waals surface area contributed by atoms with Crippen molar-refractivity contribution in [1.29, 1.82) is 0 Å². The lowest BCUT2D eigenvalue weighted by atomic mass is 10.1. The van der Waals surface area contributed by atoms with Crippen molar-refractivity contribution in [2.75, 3.05) is 24.6 Å². The summed E-state index contributed by atoms with van der Waals surface area (Å²) in [5.41, 5.74) is 7.85. The summed E-state index contributed by atoms with van der Waals surface area (Å²) in [6.45, 7) is 6.83. The minimum atomic E-state index is 0.283. The van der Waals surface area contributed by atoms with Gasteiger partial charge in [-0.15, -0.1) is 0 Å². The van der Waals surface area contributed by atoms with Gasteiger partial charge in [0.05, 0.1) is 11.7 Å². The predicted octanol–water partition coefficient (Wildman–Crippen LogP) is 2.42. The second kappa shape index (κ2) is 6.99. The molecule has 1 aromatic rings. The van der Waals surface area contributed by atoms with E-state index in [9.17, 15) is 0 Å². The second-order valence-corrected chi connectivity index (χ2v) is 5.71. The molecule has 4 nitrogen and oxygen atoms in total. The van der Waals surface area contributed by atoms with Crippen LogP contribution in [0.3, 0.4) is 0 Å². The number of anilines is 1. The van der Waals surface area contributed by atoms with Crippen LogP contribution in [0, 0.1) is 6.92 Å². The second-order valence-electron chi connectivity index (χ2n) is 5.27. The van der Waals surface area contributed by atoms with Crippen molar-refractivity contribution < 1.29 is 4.74 Å². The molecule has 0 aromatic carbocycles. The van der Waals surface area contributed by atoms with Crippen molar-refractivity contribution in [2.24, 2.45) is 5.73 Å². The van der Waals surface area contributed by atoms with Crippen LogP contribution < -0.4 is 10.6 Å². The van der Waals surface area contributed by atoms with Crippen LogP contribution in [0.1, 0.15) is 37.3 Å². The fraction of sp³-hybridized carbons (Fsp3) is 0.600. The monoisotopic (exact) mass is 293 g/mol. The molecule has 0 saturated carbocycles. The number of thiocarbonyl (C=S) groups is 1. The highest BCUT2D eigenvalue weighted by Gasteiger charge is 2.24. The Morgan fingerprint density at radius 1 is 1.60 bits per heavy atom. The van der Waals surface area contributed by atoms with Crippen molar-refractivity contribution in [3.8, 4) is 0 Å². The van der Waals surface area contributed by atoms with Crippen LogP contribution in [-0.4, -0.2) is 35.8 Å². The Hall–Kier alpha value is -1.20. The summed E-state index contributed by atoms with van der Waals surface area (Å²) in [7, 11) is 0. The predicted molar refractivity (Wildman–Crippen MR) is 86.3 cm³/mol. The Labute approximate surface area is 126 Å². The molecule has 0 bridgehead atoms. The highest BCUT2D eigenvalue weighted by molar-refractivity contribution is 7.80. The van der Waals surface area contributed by atoms with Gasteiger partial charge in [0, 0.05) is 25.9 Å². The number of aryl methyl sites for hydroxylation is 1. The third-order valence-electron chi connectivity index (χ3n) is 3.62. The van der Waals surface area contributed by atoms with Gasteiger partial charge in [-0.2, -0.15) is 0 Å². The van der Waals surface area contributed by atoms with E-state index in [0.29, 0.717) is 4.99 Å². The van der Waals surface area contributed by atoms with E-state index >= 15 is 0 Å². The number of nitrogens with zero attached hydrogens (tertiary/aromatic N) is 2. The third kappa shape index (κ3) is 3.46. The Bertz CT molecular complexity index is 478. The van der Waals surface area contributed by atoms with Crippen molar-refractivity contribution in [3.63, 3.8) is 0 Å². The van der Waals surface area contributed by atoms with E-state index < -0.39 is 0 Å². The van der Waals surface area contributed by atoms with Crippen LogP contribution in [0.4, 0.5) is 5.82 Å². The quantitative estimate of drug-likeness (QED) is 0.845. The molecule has 2 rings (SSSR count). The molecule has 0 amide bonds. The van der Waals surface area contributed by atoms with Gasteiger partial charge in [-0.1, -0.05) is 19.1 Å². The van der Waals surface area contributed by atoms with Crippen LogP contribution in [0.15, 0.2) is 12.3 Å². The smallest absolute Gasteiger partial charge is 0.139 e. The van der Waals surface area contributed by atoms with E-state index in [-0.39, 0.29) is 6.10 Å². The lowest BCUT2D eigenvalue weighted by Crippen LogP contribution is -2.41. The Kier molecular flexibility index (Phi) is 5.31. The lowest BCUT2D eigenvalue weighted by Gasteiger charge is -2.34. The van der Waals surface area contributed by atoms with Gasteiger partial charge in [-0.3, -0.25) is 0 Å². The van der Waals surface area contributed by atoms with E-state index in [1.165, 1.54) is 0 Å². The number of pyridine rings is 1. The van der Waals surface area contributed by atoms with Crippen molar-refractivity contribution in [1.82, 2.24) is 4.98 Å². The number of aromatic nitrogens is 1. The number of ether oxygens (including phenoxy) is 1. The molecular formula is C15H23N3OS. The molecule has 1 aliphatic heterocycles. The van der Waals surface area contributed by atoms with Gasteiger partial charge >= 0.3 is 0 Å².